The topological polar surface area (TPSA) is 114 Å². The molecule has 2 heterocycles. The van der Waals surface area contributed by atoms with Gasteiger partial charge >= 0.3 is 6.03 Å². The largest absolute Gasteiger partial charge is 0.368 e. The highest BCUT2D eigenvalue weighted by Crippen LogP contribution is 2.29. The summed E-state index contributed by atoms with van der Waals surface area (Å²) in [6.07, 6.45) is 6.56. The van der Waals surface area contributed by atoms with Crippen molar-refractivity contribution in [3.05, 3.63) is 41.6 Å². The van der Waals surface area contributed by atoms with Gasteiger partial charge in [0.1, 0.15) is 12.1 Å². The van der Waals surface area contributed by atoms with Crippen LogP contribution < -0.4 is 11.1 Å². The zero-order chi connectivity index (χ0) is 19.8. The van der Waals surface area contributed by atoms with Gasteiger partial charge in [-0.05, 0) is 25.0 Å². The Balaban J connectivity index is 1.77. The second kappa shape index (κ2) is 6.95. The Labute approximate surface area is 161 Å². The third-order valence-corrected chi connectivity index (χ3v) is 5.27. The third kappa shape index (κ3) is 3.06. The maximum absolute atomic E-state index is 13.0. The highest BCUT2D eigenvalue weighted by Gasteiger charge is 2.40. The molecule has 8 heteroatoms. The van der Waals surface area contributed by atoms with E-state index >= 15 is 0 Å². The third-order valence-electron chi connectivity index (χ3n) is 5.27. The number of urea groups is 1. The van der Waals surface area contributed by atoms with Gasteiger partial charge in [-0.15, -0.1) is 0 Å². The van der Waals surface area contributed by atoms with E-state index in [1.54, 1.807) is 10.8 Å². The minimum atomic E-state index is -0.712. The van der Waals surface area contributed by atoms with Crippen LogP contribution in [0.25, 0.3) is 17.0 Å². The number of nitrogens with zero attached hydrogens (tertiary/aromatic N) is 2. The molecule has 5 amide bonds. The fourth-order valence-electron chi connectivity index (χ4n) is 4.01. The number of amides is 5. The number of barbiturate groups is 1. The molecule has 3 N–H and O–H groups in total. The number of para-hydroxylation sites is 1. The lowest BCUT2D eigenvalue weighted by molar-refractivity contribution is -0.131. The van der Waals surface area contributed by atoms with E-state index in [0.29, 0.717) is 5.56 Å². The molecule has 0 bridgehead atoms. The Hall–Kier alpha value is -3.42. The minimum absolute atomic E-state index is 0.0173. The van der Waals surface area contributed by atoms with Crippen LogP contribution in [-0.4, -0.2) is 39.3 Å². The van der Waals surface area contributed by atoms with Gasteiger partial charge in [0.25, 0.3) is 11.8 Å². The summed E-state index contributed by atoms with van der Waals surface area (Å²) in [6.45, 7) is -0.0173. The first-order valence-corrected chi connectivity index (χ1v) is 9.22. The van der Waals surface area contributed by atoms with Gasteiger partial charge in [0.15, 0.2) is 0 Å². The maximum atomic E-state index is 13.0. The van der Waals surface area contributed by atoms with Crippen molar-refractivity contribution in [1.82, 2.24) is 14.8 Å². The summed E-state index contributed by atoms with van der Waals surface area (Å²) in [5.74, 6) is -1.78. The van der Waals surface area contributed by atoms with E-state index in [4.69, 9.17) is 5.73 Å². The normalized spacial score (nSPS) is 19.6. The van der Waals surface area contributed by atoms with Gasteiger partial charge in [-0.25, -0.2) is 4.79 Å². The lowest BCUT2D eigenvalue weighted by atomic mass is 10.0. The van der Waals surface area contributed by atoms with Gasteiger partial charge in [-0.2, -0.15) is 0 Å². The summed E-state index contributed by atoms with van der Waals surface area (Å²) in [6, 6.07) is 6.49. The van der Waals surface area contributed by atoms with E-state index in [9.17, 15) is 19.2 Å². The number of imide groups is 2. The molecule has 8 nitrogen and oxygen atoms in total. The number of hydrogen-bond acceptors (Lipinski definition) is 4. The Morgan fingerprint density at radius 2 is 1.89 bits per heavy atom. The predicted molar refractivity (Wildman–Crippen MR) is 102 cm³/mol. The van der Waals surface area contributed by atoms with Gasteiger partial charge in [0.2, 0.25) is 5.91 Å². The molecule has 0 radical (unpaired) electrons. The molecule has 0 spiro atoms. The number of carbonyl (C=O) groups excluding carboxylic acids is 4. The van der Waals surface area contributed by atoms with Crippen LogP contribution in [0.3, 0.4) is 0 Å². The minimum Gasteiger partial charge on any atom is -0.368 e. The summed E-state index contributed by atoms with van der Waals surface area (Å²) >= 11 is 0. The SMILES string of the molecule is NC(=O)Cn1cc(C=C2C(=O)NC(=O)N(C3CCCC3)C2=O)c2ccccc21. The smallest absolute Gasteiger partial charge is 0.331 e. The lowest BCUT2D eigenvalue weighted by Crippen LogP contribution is -2.57. The number of benzene rings is 1. The van der Waals surface area contributed by atoms with Crippen LogP contribution in [0.15, 0.2) is 36.0 Å². The molecule has 1 saturated heterocycles. The number of carbonyl (C=O) groups is 4. The summed E-state index contributed by atoms with van der Waals surface area (Å²) in [5.41, 5.74) is 6.60. The van der Waals surface area contributed by atoms with Crippen LogP contribution in [0.4, 0.5) is 4.79 Å². The number of primary amides is 1. The van der Waals surface area contributed by atoms with Crippen LogP contribution in [0.1, 0.15) is 31.2 Å². The molecule has 144 valence electrons. The summed E-state index contributed by atoms with van der Waals surface area (Å²) in [4.78, 5) is 50.1. The van der Waals surface area contributed by atoms with Crippen LogP contribution in [0, 0.1) is 0 Å². The maximum Gasteiger partial charge on any atom is 0.331 e. The van der Waals surface area contributed by atoms with Crippen molar-refractivity contribution < 1.29 is 19.2 Å². The summed E-state index contributed by atoms with van der Waals surface area (Å²) in [7, 11) is 0. The first-order valence-electron chi connectivity index (χ1n) is 9.22. The second-order valence-corrected chi connectivity index (χ2v) is 7.13. The average Bonchev–Trinajstić information content (AvgIpc) is 3.27. The molecule has 1 aliphatic heterocycles. The van der Waals surface area contributed by atoms with Crippen molar-refractivity contribution >= 4 is 40.7 Å². The average molecular weight is 380 g/mol. The fourth-order valence-corrected chi connectivity index (χ4v) is 4.01. The molecule has 1 aromatic carbocycles. The Morgan fingerprint density at radius 1 is 1.18 bits per heavy atom. The van der Waals surface area contributed by atoms with Crippen molar-refractivity contribution in [2.75, 3.05) is 0 Å². The van der Waals surface area contributed by atoms with Crippen molar-refractivity contribution in [2.45, 2.75) is 38.3 Å². The summed E-state index contributed by atoms with van der Waals surface area (Å²) < 4.78 is 1.68. The van der Waals surface area contributed by atoms with Crippen LogP contribution >= 0.6 is 0 Å². The zero-order valence-electron chi connectivity index (χ0n) is 15.2. The molecule has 1 aromatic heterocycles. The number of aromatic nitrogens is 1. The first-order chi connectivity index (χ1) is 13.5. The van der Waals surface area contributed by atoms with Crippen molar-refractivity contribution in [3.8, 4) is 0 Å². The summed E-state index contributed by atoms with van der Waals surface area (Å²) in [5, 5.41) is 3.05. The molecule has 0 atom stereocenters. The Morgan fingerprint density at radius 3 is 2.61 bits per heavy atom. The fraction of sp³-hybridized carbons (Fsp3) is 0.300. The van der Waals surface area contributed by atoms with E-state index in [2.05, 4.69) is 5.32 Å². The highest BCUT2D eigenvalue weighted by molar-refractivity contribution is 6.31. The van der Waals surface area contributed by atoms with Crippen LogP contribution in [0.2, 0.25) is 0 Å². The van der Waals surface area contributed by atoms with Gasteiger partial charge in [-0.3, -0.25) is 24.6 Å². The van der Waals surface area contributed by atoms with E-state index in [-0.39, 0.29) is 18.2 Å². The highest BCUT2D eigenvalue weighted by atomic mass is 16.2. The van der Waals surface area contributed by atoms with E-state index in [1.165, 1.54) is 11.0 Å². The lowest BCUT2D eigenvalue weighted by Gasteiger charge is -2.31. The van der Waals surface area contributed by atoms with Gasteiger partial charge < -0.3 is 10.3 Å². The Bertz CT molecular complexity index is 1030. The number of nitrogens with one attached hydrogen (secondary N) is 1. The van der Waals surface area contributed by atoms with E-state index < -0.39 is 23.8 Å². The van der Waals surface area contributed by atoms with Crippen molar-refractivity contribution in [2.24, 2.45) is 5.73 Å². The van der Waals surface area contributed by atoms with Gasteiger partial charge in [0.05, 0.1) is 0 Å². The number of fused-ring (bicyclic) bond motifs is 1. The van der Waals surface area contributed by atoms with Crippen molar-refractivity contribution in [1.29, 1.82) is 0 Å². The molecule has 2 aromatic rings. The molecule has 4 rings (SSSR count). The monoisotopic (exact) mass is 380 g/mol. The molecule has 0 unspecified atom stereocenters. The first kappa shape index (κ1) is 18.0. The number of nitrogens with two attached hydrogens (primary N) is 1. The quantitative estimate of drug-likeness (QED) is 0.618. The van der Waals surface area contributed by atoms with Gasteiger partial charge in [0, 0.05) is 28.7 Å². The molecule has 1 aliphatic carbocycles. The molecule has 28 heavy (non-hydrogen) atoms. The molecular weight excluding hydrogens is 360 g/mol. The van der Waals surface area contributed by atoms with Crippen LogP contribution in [-0.2, 0) is 20.9 Å². The molecular formula is C20H20N4O4. The second-order valence-electron chi connectivity index (χ2n) is 7.13. The number of rotatable bonds is 4. The Kier molecular flexibility index (Phi) is 4.46. The van der Waals surface area contributed by atoms with Crippen molar-refractivity contribution in [3.63, 3.8) is 0 Å². The van der Waals surface area contributed by atoms with E-state index in [1.807, 2.05) is 24.3 Å². The number of hydrogen-bond donors (Lipinski definition) is 2. The zero-order valence-corrected chi connectivity index (χ0v) is 15.2. The predicted octanol–water partition coefficient (Wildman–Crippen LogP) is 1.53. The molecule has 2 aliphatic rings. The van der Waals surface area contributed by atoms with Gasteiger partial charge in [-0.1, -0.05) is 31.0 Å². The molecule has 1 saturated carbocycles. The van der Waals surface area contributed by atoms with E-state index in [0.717, 1.165) is 36.6 Å². The standard InChI is InChI=1S/C20H20N4O4/c21-17(25)11-23-10-12(14-7-3-4-8-16(14)23)9-15-18(26)22-20(28)24(19(15)27)13-5-1-2-6-13/h3-4,7-10,13H,1-2,5-6,11H2,(H2,21,25)(H,22,26,28). The molecule has 2 fully saturated rings. The van der Waals surface area contributed by atoms with Crippen LogP contribution in [0.5, 0.6) is 0 Å².